The minimum absolute atomic E-state index is 0.0318. The molecule has 134 valence electrons. The minimum Gasteiger partial charge on any atom is -0.192 e. The lowest BCUT2D eigenvalue weighted by Crippen LogP contribution is -2.14. The van der Waals surface area contributed by atoms with Gasteiger partial charge in [0, 0.05) is 10.8 Å². The molecule has 0 saturated heterocycles. The summed E-state index contributed by atoms with van der Waals surface area (Å²) in [7, 11) is 0. The molecule has 0 fully saturated rings. The highest BCUT2D eigenvalue weighted by molar-refractivity contribution is 6.08. The second-order valence-electron chi connectivity index (χ2n) is 6.21. The molecule has 1 aliphatic rings. The average Bonchev–Trinajstić information content (AvgIpc) is 3.30. The Kier molecular flexibility index (Phi) is 5.83. The summed E-state index contributed by atoms with van der Waals surface area (Å²) in [4.78, 5) is 0. The van der Waals surface area contributed by atoms with E-state index in [0.717, 1.165) is 21.9 Å². The maximum absolute atomic E-state index is 9.62. The van der Waals surface area contributed by atoms with Gasteiger partial charge in [0.15, 0.2) is 0 Å². The van der Waals surface area contributed by atoms with Gasteiger partial charge in [-0.1, -0.05) is 72.8 Å². The molecule has 4 heteroatoms. The Morgan fingerprint density at radius 1 is 0.724 bits per heavy atom. The monoisotopic (exact) mass is 370 g/mol. The molecule has 0 amide bonds. The molecule has 2 aromatic rings. The molecular formula is C25H14N4. The summed E-state index contributed by atoms with van der Waals surface area (Å²) >= 11 is 0. The summed E-state index contributed by atoms with van der Waals surface area (Å²) in [6, 6.07) is 24.2. The number of benzene rings is 2. The van der Waals surface area contributed by atoms with Gasteiger partial charge in [-0.3, -0.25) is 0 Å². The third kappa shape index (κ3) is 3.89. The standard InChI is InChI=1S/C25H14N4/c26-14-22(15-27)18-10-12-21(13-11-18)24(19-8-4-5-9-19)25(23(16-28)17-29)20-6-2-1-3-7-20/h1-8,10-13H,9H2. The lowest BCUT2D eigenvalue weighted by Gasteiger charge is -2.15. The molecule has 0 unspecified atom stereocenters. The van der Waals surface area contributed by atoms with Gasteiger partial charge in [0.2, 0.25) is 0 Å². The third-order valence-electron chi connectivity index (χ3n) is 4.56. The quantitative estimate of drug-likeness (QED) is 0.774. The van der Waals surface area contributed by atoms with Crippen molar-refractivity contribution in [2.24, 2.45) is 0 Å². The predicted molar refractivity (Wildman–Crippen MR) is 110 cm³/mol. The predicted octanol–water partition coefficient (Wildman–Crippen LogP) is 3.42. The molecule has 0 bridgehead atoms. The van der Waals surface area contributed by atoms with Gasteiger partial charge in [0.05, 0.1) is 0 Å². The zero-order valence-corrected chi connectivity index (χ0v) is 15.4. The second-order valence-corrected chi connectivity index (χ2v) is 6.21. The van der Waals surface area contributed by atoms with Crippen LogP contribution >= 0.6 is 0 Å². The summed E-state index contributed by atoms with van der Waals surface area (Å²) < 4.78 is 0. The molecule has 29 heavy (non-hydrogen) atoms. The van der Waals surface area contributed by atoms with E-state index in [1.165, 1.54) is 0 Å². The first kappa shape index (κ1) is 19.1. The fraction of sp³-hybridized carbons (Fsp3) is 0.0400. The fourth-order valence-corrected chi connectivity index (χ4v) is 3.24. The van der Waals surface area contributed by atoms with Crippen molar-refractivity contribution < 1.29 is 0 Å². The number of rotatable bonds is 3. The van der Waals surface area contributed by atoms with Crippen LogP contribution in [-0.4, -0.2) is 0 Å². The molecule has 4 nitrogen and oxygen atoms in total. The number of nitrogens with zero attached hydrogens (tertiary/aromatic N) is 4. The highest BCUT2D eigenvalue weighted by Crippen LogP contribution is 2.35. The first-order valence-corrected chi connectivity index (χ1v) is 8.84. The van der Waals surface area contributed by atoms with E-state index in [1.807, 2.05) is 85.0 Å². The Balaban J connectivity index is 2.42. The van der Waals surface area contributed by atoms with Gasteiger partial charge in [-0.25, -0.2) is 0 Å². The summed E-state index contributed by atoms with van der Waals surface area (Å²) in [5.41, 5.74) is 3.20. The van der Waals surface area contributed by atoms with Gasteiger partial charge in [0.1, 0.15) is 35.4 Å². The lowest BCUT2D eigenvalue weighted by atomic mass is 9.87. The van der Waals surface area contributed by atoms with Crippen molar-refractivity contribution in [3.05, 3.63) is 100.0 Å². The lowest BCUT2D eigenvalue weighted by molar-refractivity contribution is 1.33. The number of nitriles is 4. The molecular weight excluding hydrogens is 356 g/mol. The van der Waals surface area contributed by atoms with Crippen LogP contribution in [0.15, 0.2) is 84.0 Å². The first-order chi connectivity index (χ1) is 14.2. The van der Waals surface area contributed by atoms with Crippen LogP contribution in [0, 0.1) is 45.3 Å². The van der Waals surface area contributed by atoms with Crippen LogP contribution in [0.1, 0.15) is 12.0 Å². The van der Waals surface area contributed by atoms with Crippen LogP contribution < -0.4 is 10.4 Å². The summed E-state index contributed by atoms with van der Waals surface area (Å²) in [6.45, 7) is 0. The topological polar surface area (TPSA) is 95.2 Å². The van der Waals surface area contributed by atoms with Gasteiger partial charge in [0.25, 0.3) is 0 Å². The average molecular weight is 370 g/mol. The van der Waals surface area contributed by atoms with E-state index in [4.69, 9.17) is 10.5 Å². The summed E-state index contributed by atoms with van der Waals surface area (Å²) in [5, 5.41) is 38.8. The van der Waals surface area contributed by atoms with Gasteiger partial charge >= 0.3 is 0 Å². The van der Waals surface area contributed by atoms with E-state index in [-0.39, 0.29) is 11.1 Å². The van der Waals surface area contributed by atoms with Crippen LogP contribution in [0.25, 0.3) is 16.7 Å². The second kappa shape index (κ2) is 8.83. The van der Waals surface area contributed by atoms with Gasteiger partial charge in [-0.2, -0.15) is 21.0 Å². The molecule has 1 aliphatic carbocycles. The molecule has 0 atom stereocenters. The van der Waals surface area contributed by atoms with E-state index >= 15 is 0 Å². The van der Waals surface area contributed by atoms with E-state index in [2.05, 4.69) is 0 Å². The van der Waals surface area contributed by atoms with Crippen molar-refractivity contribution in [3.63, 3.8) is 0 Å². The van der Waals surface area contributed by atoms with Crippen LogP contribution in [-0.2, 0) is 0 Å². The van der Waals surface area contributed by atoms with Gasteiger partial charge in [-0.05, 0) is 28.3 Å². The minimum atomic E-state index is 0.0318. The van der Waals surface area contributed by atoms with Crippen molar-refractivity contribution in [2.45, 2.75) is 6.42 Å². The maximum Gasteiger partial charge on any atom is 0.138 e. The van der Waals surface area contributed by atoms with Gasteiger partial charge in [-0.15, -0.1) is 0 Å². The number of hydrogen-bond donors (Lipinski definition) is 0. The van der Waals surface area contributed by atoms with E-state index in [1.54, 1.807) is 12.1 Å². The van der Waals surface area contributed by atoms with Crippen molar-refractivity contribution in [3.8, 4) is 24.3 Å². The summed E-state index contributed by atoms with van der Waals surface area (Å²) in [5.74, 6) is 0. The molecule has 0 spiro atoms. The van der Waals surface area contributed by atoms with Gasteiger partial charge < -0.3 is 0 Å². The van der Waals surface area contributed by atoms with Crippen molar-refractivity contribution in [2.75, 3.05) is 0 Å². The van der Waals surface area contributed by atoms with E-state index in [9.17, 15) is 10.5 Å². The third-order valence-corrected chi connectivity index (χ3v) is 4.56. The fourth-order valence-electron chi connectivity index (χ4n) is 3.24. The van der Waals surface area contributed by atoms with Crippen LogP contribution in [0.4, 0.5) is 0 Å². The smallest absolute Gasteiger partial charge is 0.138 e. The molecule has 3 rings (SSSR count). The molecule has 0 N–H and O–H groups in total. The highest BCUT2D eigenvalue weighted by Gasteiger charge is 2.19. The Bertz CT molecular complexity index is 1290. The highest BCUT2D eigenvalue weighted by atomic mass is 14.3. The Morgan fingerprint density at radius 2 is 1.34 bits per heavy atom. The van der Waals surface area contributed by atoms with Crippen molar-refractivity contribution in [1.29, 1.82) is 21.0 Å². The molecule has 0 radical (unpaired) electrons. The molecule has 2 aromatic carbocycles. The molecule has 0 aromatic heterocycles. The zero-order valence-electron chi connectivity index (χ0n) is 15.4. The summed E-state index contributed by atoms with van der Waals surface area (Å²) in [6.07, 6.45) is 6.62. The SMILES string of the molecule is N#CC(C#N)=C(C(C1=CC=CC1)=c1ccc(=C(C#N)C#N)cc1)c1ccccc1. The number of hydrogen-bond acceptors (Lipinski definition) is 4. The Labute approximate surface area is 168 Å². The van der Waals surface area contributed by atoms with Crippen LogP contribution in [0.5, 0.6) is 0 Å². The largest absolute Gasteiger partial charge is 0.192 e. The van der Waals surface area contributed by atoms with Crippen LogP contribution in [0.3, 0.4) is 0 Å². The first-order valence-electron chi connectivity index (χ1n) is 8.84. The molecule has 0 heterocycles. The van der Waals surface area contributed by atoms with E-state index in [0.29, 0.717) is 17.2 Å². The number of allylic oxidation sites excluding steroid dienone is 6. The van der Waals surface area contributed by atoms with E-state index < -0.39 is 0 Å². The van der Waals surface area contributed by atoms with Crippen LogP contribution in [0.2, 0.25) is 0 Å². The van der Waals surface area contributed by atoms with Crippen molar-refractivity contribution >= 4 is 16.7 Å². The zero-order chi connectivity index (χ0) is 20.6. The Hall–Kier alpha value is -4.64. The Morgan fingerprint density at radius 3 is 1.86 bits per heavy atom. The molecule has 0 saturated carbocycles. The normalized spacial score (nSPS) is 11.2. The van der Waals surface area contributed by atoms with Crippen molar-refractivity contribution in [1.82, 2.24) is 0 Å². The molecule has 0 aliphatic heterocycles. The maximum atomic E-state index is 9.62.